The number of hydrogen-bond donors (Lipinski definition) is 1. The summed E-state index contributed by atoms with van der Waals surface area (Å²) >= 11 is 0. The van der Waals surface area contributed by atoms with Crippen molar-refractivity contribution in [2.75, 3.05) is 24.7 Å². The molecule has 7 nitrogen and oxygen atoms in total. The molecule has 2 heterocycles. The van der Waals surface area contributed by atoms with Crippen molar-refractivity contribution < 1.29 is 28.9 Å². The molecule has 7 heteroatoms. The van der Waals surface area contributed by atoms with Gasteiger partial charge in [0.05, 0.1) is 18.2 Å². The van der Waals surface area contributed by atoms with Crippen LogP contribution in [-0.2, 0) is 16.0 Å². The number of Topliss-reactive ketones (excluding diaryl/α,β-unsaturated/α-hetero) is 1. The van der Waals surface area contributed by atoms with Crippen LogP contribution in [0.2, 0.25) is 0 Å². The van der Waals surface area contributed by atoms with Crippen LogP contribution in [0.25, 0.3) is 5.76 Å². The summed E-state index contributed by atoms with van der Waals surface area (Å²) in [5.41, 5.74) is 3.64. The lowest BCUT2D eigenvalue weighted by atomic mass is 9.93. The van der Waals surface area contributed by atoms with Gasteiger partial charge >= 0.3 is 0 Å². The second-order valence-corrected chi connectivity index (χ2v) is 10.3. The summed E-state index contributed by atoms with van der Waals surface area (Å²) < 4.78 is 17.3. The Balaban J connectivity index is 1.62. The van der Waals surface area contributed by atoms with Crippen LogP contribution < -0.4 is 19.1 Å². The standard InChI is InChI=1S/C32H33NO6/c1-5-21-6-8-22(9-7-21)29-28(30(34)23-10-12-25(20(4)16-23)39-18-19(2)3)31(35)32(36)33(29)24-11-13-26-27(17-24)38-15-14-37-26/h6-13,16-17,19,29,34H,5,14-15,18H2,1-4H3/b30-28+. The summed E-state index contributed by atoms with van der Waals surface area (Å²) in [4.78, 5) is 28.5. The second-order valence-electron chi connectivity index (χ2n) is 10.3. The predicted octanol–water partition coefficient (Wildman–Crippen LogP) is 5.99. The predicted molar refractivity (Wildman–Crippen MR) is 150 cm³/mol. The number of anilines is 1. The van der Waals surface area contributed by atoms with Crippen molar-refractivity contribution in [1.29, 1.82) is 0 Å². The maximum atomic E-state index is 13.5. The first-order valence-corrected chi connectivity index (χ1v) is 13.3. The first-order valence-electron chi connectivity index (χ1n) is 13.3. The van der Waals surface area contributed by atoms with Gasteiger partial charge in [0.2, 0.25) is 0 Å². The molecule has 0 bridgehead atoms. The van der Waals surface area contributed by atoms with Crippen molar-refractivity contribution >= 4 is 23.1 Å². The Morgan fingerprint density at radius 1 is 1.00 bits per heavy atom. The number of carbonyl (C=O) groups excluding carboxylic acids is 2. The average Bonchev–Trinajstić information content (AvgIpc) is 3.21. The summed E-state index contributed by atoms with van der Waals surface area (Å²) in [6, 6.07) is 17.4. The molecule has 1 atom stereocenters. The SMILES string of the molecule is CCc1ccc(C2/C(=C(\O)c3ccc(OCC(C)C)c(C)c3)C(=O)C(=O)N2c2ccc3c(c2)OCCO3)cc1. The second kappa shape index (κ2) is 10.8. The van der Waals surface area contributed by atoms with Gasteiger partial charge in [0.25, 0.3) is 11.7 Å². The van der Waals surface area contributed by atoms with E-state index < -0.39 is 17.7 Å². The van der Waals surface area contributed by atoms with E-state index in [1.807, 2.05) is 31.2 Å². The number of rotatable bonds is 7. The zero-order valence-electron chi connectivity index (χ0n) is 22.7. The van der Waals surface area contributed by atoms with E-state index in [-0.39, 0.29) is 11.3 Å². The molecule has 0 aromatic heterocycles. The van der Waals surface area contributed by atoms with Gasteiger partial charge < -0.3 is 19.3 Å². The molecule has 1 amide bonds. The van der Waals surface area contributed by atoms with Crippen molar-refractivity contribution in [3.8, 4) is 17.2 Å². The Hall–Kier alpha value is -4.26. The number of aliphatic hydroxyl groups is 1. The fourth-order valence-electron chi connectivity index (χ4n) is 4.90. The molecular formula is C32H33NO6. The number of fused-ring (bicyclic) bond motifs is 1. The van der Waals surface area contributed by atoms with E-state index in [9.17, 15) is 14.7 Å². The molecule has 39 heavy (non-hydrogen) atoms. The Bertz CT molecular complexity index is 1440. The van der Waals surface area contributed by atoms with Gasteiger partial charge in [-0.05, 0) is 66.3 Å². The van der Waals surface area contributed by atoms with Gasteiger partial charge in [0.15, 0.2) is 11.5 Å². The first-order chi connectivity index (χ1) is 18.8. The molecule has 1 fully saturated rings. The van der Waals surface area contributed by atoms with Gasteiger partial charge in [0.1, 0.15) is 24.7 Å². The van der Waals surface area contributed by atoms with Crippen molar-refractivity contribution in [2.24, 2.45) is 5.92 Å². The summed E-state index contributed by atoms with van der Waals surface area (Å²) in [5, 5.41) is 11.5. The van der Waals surface area contributed by atoms with Gasteiger partial charge in [-0.15, -0.1) is 0 Å². The number of aliphatic hydroxyl groups excluding tert-OH is 1. The first kappa shape index (κ1) is 26.4. The number of ether oxygens (including phenoxy) is 3. The molecule has 202 valence electrons. The Morgan fingerprint density at radius 3 is 2.38 bits per heavy atom. The van der Waals surface area contributed by atoms with Gasteiger partial charge in [-0.2, -0.15) is 0 Å². The lowest BCUT2D eigenvalue weighted by Gasteiger charge is -2.27. The highest BCUT2D eigenvalue weighted by molar-refractivity contribution is 6.51. The minimum absolute atomic E-state index is 0.0365. The molecule has 3 aromatic rings. The molecule has 1 saturated heterocycles. The highest BCUT2D eigenvalue weighted by Gasteiger charge is 2.47. The third-order valence-corrected chi connectivity index (χ3v) is 6.97. The maximum absolute atomic E-state index is 13.5. The zero-order chi connectivity index (χ0) is 27.7. The molecular weight excluding hydrogens is 494 g/mol. The summed E-state index contributed by atoms with van der Waals surface area (Å²) in [5.74, 6) is 0.485. The highest BCUT2D eigenvalue weighted by Crippen LogP contribution is 2.44. The van der Waals surface area contributed by atoms with Gasteiger partial charge in [-0.1, -0.05) is 45.0 Å². The third-order valence-electron chi connectivity index (χ3n) is 6.97. The lowest BCUT2D eigenvalue weighted by Crippen LogP contribution is -2.29. The monoisotopic (exact) mass is 527 g/mol. The number of benzene rings is 3. The van der Waals surface area contributed by atoms with Crippen LogP contribution in [0, 0.1) is 12.8 Å². The highest BCUT2D eigenvalue weighted by atomic mass is 16.6. The van der Waals surface area contributed by atoms with E-state index in [0.29, 0.717) is 54.2 Å². The number of hydrogen-bond acceptors (Lipinski definition) is 6. The Kier molecular flexibility index (Phi) is 7.33. The molecule has 1 N–H and O–H groups in total. The minimum Gasteiger partial charge on any atom is -0.507 e. The van der Waals surface area contributed by atoms with E-state index >= 15 is 0 Å². The normalized spacial score (nSPS) is 18.1. The maximum Gasteiger partial charge on any atom is 0.300 e. The zero-order valence-corrected chi connectivity index (χ0v) is 22.7. The number of carbonyl (C=O) groups is 2. The fourth-order valence-corrected chi connectivity index (χ4v) is 4.90. The van der Waals surface area contributed by atoms with Crippen LogP contribution in [0.4, 0.5) is 5.69 Å². The van der Waals surface area contributed by atoms with Crippen LogP contribution in [0.1, 0.15) is 49.1 Å². The van der Waals surface area contributed by atoms with E-state index in [4.69, 9.17) is 14.2 Å². The van der Waals surface area contributed by atoms with Gasteiger partial charge in [-0.25, -0.2) is 0 Å². The molecule has 3 aromatic carbocycles. The Labute approximate surface area is 228 Å². The number of amides is 1. The van der Waals surface area contributed by atoms with Crippen molar-refractivity contribution in [2.45, 2.75) is 40.2 Å². The van der Waals surface area contributed by atoms with E-state index in [2.05, 4.69) is 20.8 Å². The number of ketones is 1. The van der Waals surface area contributed by atoms with Crippen LogP contribution in [0.15, 0.2) is 66.2 Å². The molecule has 0 radical (unpaired) electrons. The molecule has 5 rings (SSSR count). The molecule has 0 spiro atoms. The van der Waals surface area contributed by atoms with Crippen LogP contribution in [0.5, 0.6) is 17.2 Å². The smallest absolute Gasteiger partial charge is 0.300 e. The summed E-state index contributed by atoms with van der Waals surface area (Å²) in [6.07, 6.45) is 0.854. The van der Waals surface area contributed by atoms with Crippen molar-refractivity contribution in [1.82, 2.24) is 0 Å². The lowest BCUT2D eigenvalue weighted by molar-refractivity contribution is -0.132. The van der Waals surface area contributed by atoms with E-state index in [1.54, 1.807) is 36.4 Å². The number of aryl methyl sites for hydroxylation is 2. The van der Waals surface area contributed by atoms with Crippen LogP contribution in [0.3, 0.4) is 0 Å². The Morgan fingerprint density at radius 2 is 1.72 bits per heavy atom. The fraction of sp³-hybridized carbons (Fsp3) is 0.312. The molecule has 1 unspecified atom stereocenters. The summed E-state index contributed by atoms with van der Waals surface area (Å²) in [7, 11) is 0. The van der Waals surface area contributed by atoms with Gasteiger partial charge in [-0.3, -0.25) is 14.5 Å². The third kappa shape index (κ3) is 5.09. The van der Waals surface area contributed by atoms with E-state index in [1.165, 1.54) is 4.90 Å². The van der Waals surface area contributed by atoms with Crippen molar-refractivity contribution in [3.05, 3.63) is 88.5 Å². The molecule has 0 saturated carbocycles. The molecule has 2 aliphatic heterocycles. The van der Waals surface area contributed by atoms with Crippen molar-refractivity contribution in [3.63, 3.8) is 0 Å². The number of nitrogens with zero attached hydrogens (tertiary/aromatic N) is 1. The topological polar surface area (TPSA) is 85.3 Å². The molecule has 2 aliphatic rings. The minimum atomic E-state index is -0.823. The average molecular weight is 528 g/mol. The summed E-state index contributed by atoms with van der Waals surface area (Å²) in [6.45, 7) is 9.51. The van der Waals surface area contributed by atoms with Gasteiger partial charge in [0, 0.05) is 17.3 Å². The molecule has 0 aliphatic carbocycles. The van der Waals surface area contributed by atoms with Crippen LogP contribution in [-0.4, -0.2) is 36.6 Å². The van der Waals surface area contributed by atoms with Crippen LogP contribution >= 0.6 is 0 Å². The largest absolute Gasteiger partial charge is 0.507 e. The quantitative estimate of drug-likeness (QED) is 0.231. The van der Waals surface area contributed by atoms with E-state index in [0.717, 1.165) is 23.1 Å².